The summed E-state index contributed by atoms with van der Waals surface area (Å²) in [6, 6.07) is 7.99. The molecule has 0 radical (unpaired) electrons. The van der Waals surface area contributed by atoms with Gasteiger partial charge in [-0.2, -0.15) is 0 Å². The van der Waals surface area contributed by atoms with Crippen molar-refractivity contribution in [2.45, 2.75) is 51.6 Å². The van der Waals surface area contributed by atoms with Crippen molar-refractivity contribution in [2.24, 2.45) is 22.4 Å². The van der Waals surface area contributed by atoms with Gasteiger partial charge in [0.25, 0.3) is 0 Å². The Morgan fingerprint density at radius 3 is 2.39 bits per heavy atom. The van der Waals surface area contributed by atoms with Gasteiger partial charge in [-0.3, -0.25) is 14.6 Å². The van der Waals surface area contributed by atoms with Crippen LogP contribution in [0.1, 0.15) is 38.7 Å². The molecule has 0 aliphatic carbocycles. The van der Waals surface area contributed by atoms with Crippen molar-refractivity contribution in [3.05, 3.63) is 35.9 Å². The van der Waals surface area contributed by atoms with E-state index in [0.29, 0.717) is 38.5 Å². The summed E-state index contributed by atoms with van der Waals surface area (Å²) in [6.45, 7) is 4.25. The fourth-order valence-corrected chi connectivity index (χ4v) is 2.66. The van der Waals surface area contributed by atoms with Gasteiger partial charge in [0.2, 0.25) is 11.8 Å². The van der Waals surface area contributed by atoms with Crippen LogP contribution in [0.5, 0.6) is 0 Å². The van der Waals surface area contributed by atoms with Crippen LogP contribution in [0.2, 0.25) is 0 Å². The second kappa shape index (κ2) is 12.5. The molecule has 0 aromatic heterocycles. The number of hydrogen-bond acceptors (Lipinski definition) is 4. The Labute approximate surface area is 166 Å². The topological polar surface area (TPSA) is 140 Å². The average Bonchev–Trinajstić information content (AvgIpc) is 2.63. The predicted octanol–water partition coefficient (Wildman–Crippen LogP) is 0.497. The van der Waals surface area contributed by atoms with Crippen LogP contribution in [0.3, 0.4) is 0 Å². The number of nitrogens with one attached hydrogen (secondary N) is 2. The molecule has 1 aromatic rings. The highest BCUT2D eigenvalue weighted by atomic mass is 16.2. The Balaban J connectivity index is 2.74. The van der Waals surface area contributed by atoms with Crippen LogP contribution >= 0.6 is 0 Å². The minimum Gasteiger partial charge on any atom is -0.370 e. The molecule has 0 aliphatic heterocycles. The molecule has 28 heavy (non-hydrogen) atoms. The average molecular weight is 390 g/mol. The number of carbonyl (C=O) groups excluding carboxylic acids is 3. The molecule has 0 heterocycles. The van der Waals surface area contributed by atoms with Gasteiger partial charge in [-0.05, 0) is 24.3 Å². The zero-order valence-corrected chi connectivity index (χ0v) is 16.6. The fourth-order valence-electron chi connectivity index (χ4n) is 2.66. The van der Waals surface area contributed by atoms with E-state index < -0.39 is 12.1 Å². The molecule has 0 saturated heterocycles. The molecule has 8 heteroatoms. The number of carbonyl (C=O) groups is 3. The third-order valence-electron chi connectivity index (χ3n) is 3.99. The third kappa shape index (κ3) is 9.70. The molecule has 0 aliphatic rings. The number of amides is 2. The zero-order chi connectivity index (χ0) is 20.9. The summed E-state index contributed by atoms with van der Waals surface area (Å²) in [5, 5.41) is 5.49. The maximum Gasteiger partial charge on any atom is 0.243 e. The van der Waals surface area contributed by atoms with Gasteiger partial charge in [0, 0.05) is 19.4 Å². The van der Waals surface area contributed by atoms with E-state index in [9.17, 15) is 14.4 Å². The molecule has 8 nitrogen and oxygen atoms in total. The summed E-state index contributed by atoms with van der Waals surface area (Å²) in [5.41, 5.74) is 11.4. The summed E-state index contributed by atoms with van der Waals surface area (Å²) < 4.78 is 0. The number of nitrogens with two attached hydrogens (primary N) is 2. The molecular weight excluding hydrogens is 358 g/mol. The molecule has 0 unspecified atom stereocenters. The number of benzene rings is 1. The van der Waals surface area contributed by atoms with Crippen molar-refractivity contribution in [2.75, 3.05) is 6.54 Å². The maximum atomic E-state index is 12.7. The van der Waals surface area contributed by atoms with Crippen LogP contribution < -0.4 is 22.1 Å². The van der Waals surface area contributed by atoms with Crippen molar-refractivity contribution < 1.29 is 14.4 Å². The monoisotopic (exact) mass is 389 g/mol. The van der Waals surface area contributed by atoms with E-state index in [2.05, 4.69) is 15.6 Å². The smallest absolute Gasteiger partial charge is 0.243 e. The summed E-state index contributed by atoms with van der Waals surface area (Å²) >= 11 is 0. The van der Waals surface area contributed by atoms with E-state index in [-0.39, 0.29) is 23.7 Å². The minimum absolute atomic E-state index is 0.0116. The highest BCUT2D eigenvalue weighted by Crippen LogP contribution is 2.06. The van der Waals surface area contributed by atoms with Crippen LogP contribution in [-0.2, 0) is 20.8 Å². The van der Waals surface area contributed by atoms with Crippen molar-refractivity contribution in [1.29, 1.82) is 0 Å². The van der Waals surface area contributed by atoms with Crippen LogP contribution in [0.25, 0.3) is 0 Å². The summed E-state index contributed by atoms with van der Waals surface area (Å²) in [5.74, 6) is -0.414. The van der Waals surface area contributed by atoms with E-state index in [1.165, 1.54) is 0 Å². The summed E-state index contributed by atoms with van der Waals surface area (Å²) in [7, 11) is 0. The van der Waals surface area contributed by atoms with Gasteiger partial charge in [-0.1, -0.05) is 44.2 Å². The van der Waals surface area contributed by atoms with E-state index in [4.69, 9.17) is 11.5 Å². The zero-order valence-electron chi connectivity index (χ0n) is 16.6. The van der Waals surface area contributed by atoms with Crippen LogP contribution in [0, 0.1) is 5.92 Å². The van der Waals surface area contributed by atoms with Crippen LogP contribution in [0.15, 0.2) is 35.3 Å². The lowest BCUT2D eigenvalue weighted by Crippen LogP contribution is -2.51. The normalized spacial score (nSPS) is 12.7. The minimum atomic E-state index is -0.756. The SMILES string of the molecule is CC(C)CC(=O)N[C@@H](Cc1ccccc1)C(=O)N[C@@H](C=O)CCCN=C(N)N. The Hall–Kier alpha value is -2.90. The van der Waals surface area contributed by atoms with Gasteiger partial charge in [-0.25, -0.2) is 0 Å². The fraction of sp³-hybridized carbons (Fsp3) is 0.500. The lowest BCUT2D eigenvalue weighted by molar-refractivity contribution is -0.130. The molecule has 0 spiro atoms. The first-order valence-electron chi connectivity index (χ1n) is 9.46. The molecule has 1 aromatic carbocycles. The first-order valence-corrected chi connectivity index (χ1v) is 9.46. The first-order chi connectivity index (χ1) is 13.3. The van der Waals surface area contributed by atoms with E-state index in [1.807, 2.05) is 44.2 Å². The van der Waals surface area contributed by atoms with E-state index in [0.717, 1.165) is 5.56 Å². The van der Waals surface area contributed by atoms with E-state index >= 15 is 0 Å². The van der Waals surface area contributed by atoms with Crippen molar-refractivity contribution in [1.82, 2.24) is 10.6 Å². The van der Waals surface area contributed by atoms with Gasteiger partial charge in [0.15, 0.2) is 5.96 Å². The second-order valence-electron chi connectivity index (χ2n) is 7.11. The number of aliphatic imine (C=N–C) groups is 1. The number of nitrogens with zero attached hydrogens (tertiary/aromatic N) is 1. The molecule has 154 valence electrons. The summed E-state index contributed by atoms with van der Waals surface area (Å²) in [6.07, 6.45) is 2.31. The van der Waals surface area contributed by atoms with Gasteiger partial charge >= 0.3 is 0 Å². The highest BCUT2D eigenvalue weighted by Gasteiger charge is 2.23. The molecule has 2 amide bonds. The number of rotatable bonds is 12. The lowest BCUT2D eigenvalue weighted by atomic mass is 10.0. The number of aldehydes is 1. The van der Waals surface area contributed by atoms with Gasteiger partial charge in [0.05, 0.1) is 6.04 Å². The second-order valence-corrected chi connectivity index (χ2v) is 7.11. The third-order valence-corrected chi connectivity index (χ3v) is 3.99. The molecule has 2 atom stereocenters. The Bertz CT molecular complexity index is 657. The molecule has 0 bridgehead atoms. The maximum absolute atomic E-state index is 12.7. The molecule has 1 rings (SSSR count). The standard InChI is InChI=1S/C20H31N5O3/c1-14(2)11-18(27)25-17(12-15-7-4-3-5-8-15)19(28)24-16(13-26)9-6-10-23-20(21)22/h3-5,7-8,13-14,16-17H,6,9-12H2,1-2H3,(H,24,28)(H,25,27)(H4,21,22,23)/t16-,17+/m1/s1. The Kier molecular flexibility index (Phi) is 10.3. The van der Waals surface area contributed by atoms with Crippen molar-refractivity contribution in [3.8, 4) is 0 Å². The van der Waals surface area contributed by atoms with Gasteiger partial charge < -0.3 is 26.9 Å². The van der Waals surface area contributed by atoms with Gasteiger partial charge in [-0.15, -0.1) is 0 Å². The lowest BCUT2D eigenvalue weighted by Gasteiger charge is -2.21. The van der Waals surface area contributed by atoms with Crippen molar-refractivity contribution in [3.63, 3.8) is 0 Å². The molecule has 6 N–H and O–H groups in total. The van der Waals surface area contributed by atoms with Crippen LogP contribution in [-0.4, -0.2) is 42.7 Å². The first kappa shape index (κ1) is 23.1. The highest BCUT2D eigenvalue weighted by molar-refractivity contribution is 5.89. The number of hydrogen-bond donors (Lipinski definition) is 4. The van der Waals surface area contributed by atoms with Gasteiger partial charge in [0.1, 0.15) is 12.3 Å². The van der Waals surface area contributed by atoms with E-state index in [1.54, 1.807) is 0 Å². The molecular formula is C20H31N5O3. The van der Waals surface area contributed by atoms with Crippen LogP contribution in [0.4, 0.5) is 0 Å². The Morgan fingerprint density at radius 2 is 1.82 bits per heavy atom. The predicted molar refractivity (Wildman–Crippen MR) is 109 cm³/mol. The van der Waals surface area contributed by atoms with Crippen molar-refractivity contribution >= 4 is 24.1 Å². The molecule has 0 saturated carbocycles. The summed E-state index contributed by atoms with van der Waals surface area (Å²) in [4.78, 5) is 40.1. The number of guanidine groups is 1. The Morgan fingerprint density at radius 1 is 1.14 bits per heavy atom. The quantitative estimate of drug-likeness (QED) is 0.178. The largest absolute Gasteiger partial charge is 0.370 e. The molecule has 0 fully saturated rings.